The van der Waals surface area contributed by atoms with Gasteiger partial charge in [0.1, 0.15) is 0 Å². The van der Waals surface area contributed by atoms with E-state index in [9.17, 15) is 5.26 Å². The molecule has 0 aromatic heterocycles. The summed E-state index contributed by atoms with van der Waals surface area (Å²) in [6, 6.07) is 2.67. The first-order valence-corrected chi connectivity index (χ1v) is 9.14. The molecule has 114 valence electrons. The Morgan fingerprint density at radius 2 is 1.80 bits per heavy atom. The molecule has 0 amide bonds. The fraction of sp³-hybridized carbons (Fsp3) is 0.947. The summed E-state index contributed by atoms with van der Waals surface area (Å²) in [5, 5.41) is 9.55. The Kier molecular flexibility index (Phi) is 5.94. The van der Waals surface area contributed by atoms with Gasteiger partial charge < -0.3 is 0 Å². The van der Waals surface area contributed by atoms with E-state index in [-0.39, 0.29) is 5.41 Å². The standard InChI is InChI=1S/C19H33N/c1-3-5-7-16-9-11-17(12-10-16)18-8-6-13-19(4-2,14-18)15-20/h16-18H,3-14H2,1-2H3/t16-,17-,18?,19?. The summed E-state index contributed by atoms with van der Waals surface area (Å²) in [4.78, 5) is 0. The zero-order valence-electron chi connectivity index (χ0n) is 13.7. The Morgan fingerprint density at radius 3 is 2.40 bits per heavy atom. The van der Waals surface area contributed by atoms with Crippen LogP contribution in [0.5, 0.6) is 0 Å². The minimum absolute atomic E-state index is 0.0297. The fourth-order valence-electron chi connectivity index (χ4n) is 4.75. The summed E-state index contributed by atoms with van der Waals surface area (Å²) in [5.74, 6) is 2.81. The van der Waals surface area contributed by atoms with E-state index >= 15 is 0 Å². The van der Waals surface area contributed by atoms with Gasteiger partial charge in [0.05, 0.1) is 11.5 Å². The Balaban J connectivity index is 1.83. The second-order valence-corrected chi connectivity index (χ2v) is 7.53. The molecule has 0 aromatic carbocycles. The number of nitrogens with zero attached hydrogens (tertiary/aromatic N) is 1. The number of nitriles is 1. The molecule has 0 aliphatic heterocycles. The van der Waals surface area contributed by atoms with Gasteiger partial charge in [-0.3, -0.25) is 0 Å². The van der Waals surface area contributed by atoms with Crippen LogP contribution < -0.4 is 0 Å². The van der Waals surface area contributed by atoms with Crippen molar-refractivity contribution in [3.8, 4) is 6.07 Å². The van der Waals surface area contributed by atoms with E-state index in [1.165, 1.54) is 64.2 Å². The van der Waals surface area contributed by atoms with Crippen LogP contribution in [0.25, 0.3) is 0 Å². The van der Waals surface area contributed by atoms with Gasteiger partial charge in [-0.15, -0.1) is 0 Å². The zero-order valence-corrected chi connectivity index (χ0v) is 13.7. The number of unbranched alkanes of at least 4 members (excludes halogenated alkanes) is 1. The van der Waals surface area contributed by atoms with Crippen LogP contribution in [0.15, 0.2) is 0 Å². The minimum Gasteiger partial charge on any atom is -0.198 e. The second kappa shape index (κ2) is 7.48. The minimum atomic E-state index is 0.0297. The van der Waals surface area contributed by atoms with E-state index in [0.29, 0.717) is 0 Å². The van der Waals surface area contributed by atoms with Crippen molar-refractivity contribution in [3.63, 3.8) is 0 Å². The van der Waals surface area contributed by atoms with Crippen molar-refractivity contribution in [2.24, 2.45) is 23.2 Å². The first-order valence-electron chi connectivity index (χ1n) is 9.14. The maximum atomic E-state index is 9.55. The molecule has 2 unspecified atom stereocenters. The lowest BCUT2D eigenvalue weighted by Gasteiger charge is -2.41. The van der Waals surface area contributed by atoms with Gasteiger partial charge in [-0.25, -0.2) is 0 Å². The van der Waals surface area contributed by atoms with E-state index in [4.69, 9.17) is 0 Å². The number of rotatable bonds is 5. The van der Waals surface area contributed by atoms with Crippen molar-refractivity contribution in [2.45, 2.75) is 90.9 Å². The van der Waals surface area contributed by atoms with Crippen LogP contribution in [0.4, 0.5) is 0 Å². The van der Waals surface area contributed by atoms with Crippen LogP contribution in [0.3, 0.4) is 0 Å². The van der Waals surface area contributed by atoms with E-state index in [0.717, 1.165) is 30.6 Å². The molecule has 0 heterocycles. The average molecular weight is 275 g/mol. The van der Waals surface area contributed by atoms with E-state index < -0.39 is 0 Å². The lowest BCUT2D eigenvalue weighted by atomic mass is 9.62. The molecule has 0 N–H and O–H groups in total. The highest BCUT2D eigenvalue weighted by Gasteiger charge is 2.38. The highest BCUT2D eigenvalue weighted by Crippen LogP contribution is 2.48. The molecule has 0 saturated heterocycles. The molecule has 2 aliphatic rings. The Hall–Kier alpha value is -0.510. The molecule has 0 bridgehead atoms. The quantitative estimate of drug-likeness (QED) is 0.595. The maximum Gasteiger partial charge on any atom is 0.0689 e. The third kappa shape index (κ3) is 3.78. The zero-order chi connectivity index (χ0) is 14.4. The van der Waals surface area contributed by atoms with Gasteiger partial charge in [0, 0.05) is 0 Å². The Bertz CT molecular complexity index is 321. The molecule has 2 rings (SSSR count). The average Bonchev–Trinajstić information content (AvgIpc) is 2.53. The summed E-state index contributed by atoms with van der Waals surface area (Å²) >= 11 is 0. The van der Waals surface area contributed by atoms with Crippen molar-refractivity contribution >= 4 is 0 Å². The van der Waals surface area contributed by atoms with Crippen molar-refractivity contribution in [3.05, 3.63) is 0 Å². The first kappa shape index (κ1) is 15.9. The molecule has 1 nitrogen and oxygen atoms in total. The topological polar surface area (TPSA) is 23.8 Å². The largest absolute Gasteiger partial charge is 0.198 e. The summed E-state index contributed by atoms with van der Waals surface area (Å²) < 4.78 is 0. The van der Waals surface area contributed by atoms with Gasteiger partial charge in [0.25, 0.3) is 0 Å². The van der Waals surface area contributed by atoms with Crippen molar-refractivity contribution in [2.75, 3.05) is 0 Å². The molecular weight excluding hydrogens is 242 g/mol. The van der Waals surface area contributed by atoms with Crippen molar-refractivity contribution in [1.82, 2.24) is 0 Å². The van der Waals surface area contributed by atoms with Crippen LogP contribution in [0.2, 0.25) is 0 Å². The lowest BCUT2D eigenvalue weighted by Crippen LogP contribution is -2.32. The van der Waals surface area contributed by atoms with Gasteiger partial charge >= 0.3 is 0 Å². The van der Waals surface area contributed by atoms with E-state index in [2.05, 4.69) is 19.9 Å². The van der Waals surface area contributed by atoms with Crippen molar-refractivity contribution in [1.29, 1.82) is 5.26 Å². The van der Waals surface area contributed by atoms with Gasteiger partial charge in [0.2, 0.25) is 0 Å². The maximum absolute atomic E-state index is 9.55. The van der Waals surface area contributed by atoms with E-state index in [1.807, 2.05) is 0 Å². The smallest absolute Gasteiger partial charge is 0.0689 e. The van der Waals surface area contributed by atoms with Crippen LogP contribution in [0.1, 0.15) is 90.9 Å². The Labute approximate surface area is 126 Å². The van der Waals surface area contributed by atoms with Crippen LogP contribution in [-0.4, -0.2) is 0 Å². The lowest BCUT2D eigenvalue weighted by molar-refractivity contribution is 0.107. The SMILES string of the molecule is CCCC[C@H]1CC[C@H](C2CCCC(C#N)(CC)C2)CC1. The molecule has 20 heavy (non-hydrogen) atoms. The summed E-state index contributed by atoms with van der Waals surface area (Å²) in [5.41, 5.74) is 0.0297. The van der Waals surface area contributed by atoms with Crippen LogP contribution in [0, 0.1) is 34.5 Å². The molecule has 2 atom stereocenters. The second-order valence-electron chi connectivity index (χ2n) is 7.53. The molecular formula is C19H33N. The van der Waals surface area contributed by atoms with Crippen LogP contribution >= 0.6 is 0 Å². The van der Waals surface area contributed by atoms with Gasteiger partial charge in [-0.2, -0.15) is 5.26 Å². The third-order valence-corrected chi connectivity index (χ3v) is 6.32. The molecule has 0 radical (unpaired) electrons. The Morgan fingerprint density at radius 1 is 1.05 bits per heavy atom. The predicted octanol–water partition coefficient (Wildman–Crippen LogP) is 6.09. The number of hydrogen-bond acceptors (Lipinski definition) is 1. The first-order chi connectivity index (χ1) is 9.73. The normalized spacial score (nSPS) is 38.4. The predicted molar refractivity (Wildman–Crippen MR) is 85.3 cm³/mol. The molecule has 1 heteroatoms. The molecule has 2 aliphatic carbocycles. The molecule has 2 saturated carbocycles. The highest BCUT2D eigenvalue weighted by molar-refractivity contribution is 5.02. The summed E-state index contributed by atoms with van der Waals surface area (Å²) in [7, 11) is 0. The monoisotopic (exact) mass is 275 g/mol. The fourth-order valence-corrected chi connectivity index (χ4v) is 4.75. The van der Waals surface area contributed by atoms with Gasteiger partial charge in [-0.1, -0.05) is 58.8 Å². The summed E-state index contributed by atoms with van der Waals surface area (Å²) in [6.45, 7) is 4.52. The molecule has 0 spiro atoms. The van der Waals surface area contributed by atoms with Crippen LogP contribution in [-0.2, 0) is 0 Å². The molecule has 0 aromatic rings. The van der Waals surface area contributed by atoms with Gasteiger partial charge in [0.15, 0.2) is 0 Å². The van der Waals surface area contributed by atoms with E-state index in [1.54, 1.807) is 0 Å². The summed E-state index contributed by atoms with van der Waals surface area (Å²) in [6.07, 6.45) is 16.2. The van der Waals surface area contributed by atoms with Gasteiger partial charge in [-0.05, 0) is 49.9 Å². The molecule has 2 fully saturated rings. The highest BCUT2D eigenvalue weighted by atomic mass is 14.4. The third-order valence-electron chi connectivity index (χ3n) is 6.32. The number of hydrogen-bond donors (Lipinski definition) is 0. The van der Waals surface area contributed by atoms with Crippen molar-refractivity contribution < 1.29 is 0 Å².